The summed E-state index contributed by atoms with van der Waals surface area (Å²) >= 11 is 0. The molecule has 0 aliphatic carbocycles. The summed E-state index contributed by atoms with van der Waals surface area (Å²) in [5.41, 5.74) is 5.36. The van der Waals surface area contributed by atoms with Gasteiger partial charge in [0.2, 0.25) is 0 Å². The standard InChI is InChI=1S/C7H15N2/c8-5-1-3-7-4-2-6-9-7/h7H,1-6,8H2. The number of hydrogen-bond donors (Lipinski definition) is 1. The smallest absolute Gasteiger partial charge is 0.0247 e. The lowest BCUT2D eigenvalue weighted by Gasteiger charge is -2.05. The molecule has 0 aromatic heterocycles. The second-order valence-electron chi connectivity index (χ2n) is 2.63. The minimum atomic E-state index is 0.661. The zero-order valence-corrected chi connectivity index (χ0v) is 5.84. The van der Waals surface area contributed by atoms with Crippen LogP contribution in [-0.4, -0.2) is 19.1 Å². The molecule has 2 heteroatoms. The summed E-state index contributed by atoms with van der Waals surface area (Å²) in [4.78, 5) is 0. The van der Waals surface area contributed by atoms with Gasteiger partial charge in [0.1, 0.15) is 0 Å². The minimum Gasteiger partial charge on any atom is -0.330 e. The molecule has 53 valence electrons. The van der Waals surface area contributed by atoms with Crippen LogP contribution in [0.4, 0.5) is 0 Å². The number of rotatable bonds is 3. The molecule has 1 saturated heterocycles. The largest absolute Gasteiger partial charge is 0.330 e. The summed E-state index contributed by atoms with van der Waals surface area (Å²) in [5, 5.41) is 4.42. The van der Waals surface area contributed by atoms with Gasteiger partial charge in [0.25, 0.3) is 0 Å². The third-order valence-electron chi connectivity index (χ3n) is 1.82. The second-order valence-corrected chi connectivity index (χ2v) is 2.63. The van der Waals surface area contributed by atoms with Gasteiger partial charge in [-0.2, -0.15) is 0 Å². The van der Waals surface area contributed by atoms with E-state index in [2.05, 4.69) is 5.32 Å². The fourth-order valence-electron chi connectivity index (χ4n) is 1.28. The van der Waals surface area contributed by atoms with Crippen molar-refractivity contribution in [1.82, 2.24) is 5.32 Å². The van der Waals surface area contributed by atoms with Crippen LogP contribution >= 0.6 is 0 Å². The van der Waals surface area contributed by atoms with Crippen molar-refractivity contribution in [3.8, 4) is 0 Å². The highest BCUT2D eigenvalue weighted by Gasteiger charge is 2.13. The number of hydrogen-bond acceptors (Lipinski definition) is 1. The van der Waals surface area contributed by atoms with Crippen molar-refractivity contribution in [3.05, 3.63) is 0 Å². The van der Waals surface area contributed by atoms with Gasteiger partial charge < -0.3 is 5.73 Å². The molecule has 2 N–H and O–H groups in total. The minimum absolute atomic E-state index is 0.661. The predicted octanol–water partition coefficient (Wildman–Crippen LogP) is 0.492. The second kappa shape index (κ2) is 3.85. The number of nitrogens with two attached hydrogens (primary N) is 1. The van der Waals surface area contributed by atoms with Crippen LogP contribution in [0.25, 0.3) is 0 Å². The maximum absolute atomic E-state index is 5.36. The summed E-state index contributed by atoms with van der Waals surface area (Å²) in [6, 6.07) is 0.661. The fraction of sp³-hybridized carbons (Fsp3) is 1.00. The van der Waals surface area contributed by atoms with Gasteiger partial charge >= 0.3 is 0 Å². The Morgan fingerprint density at radius 2 is 2.44 bits per heavy atom. The Morgan fingerprint density at radius 1 is 1.56 bits per heavy atom. The van der Waals surface area contributed by atoms with Gasteiger partial charge in [-0.05, 0) is 32.2 Å². The monoisotopic (exact) mass is 127 g/mol. The Labute approximate surface area is 56.8 Å². The fourth-order valence-corrected chi connectivity index (χ4v) is 1.28. The molecule has 9 heavy (non-hydrogen) atoms. The van der Waals surface area contributed by atoms with Crippen molar-refractivity contribution in [2.24, 2.45) is 5.73 Å². The zero-order valence-electron chi connectivity index (χ0n) is 5.84. The van der Waals surface area contributed by atoms with Crippen LogP contribution in [0.15, 0.2) is 0 Å². The highest BCUT2D eigenvalue weighted by atomic mass is 14.9. The maximum atomic E-state index is 5.36. The quantitative estimate of drug-likeness (QED) is 0.589. The summed E-state index contributed by atoms with van der Waals surface area (Å²) in [6.45, 7) is 1.92. The van der Waals surface area contributed by atoms with Crippen molar-refractivity contribution in [2.45, 2.75) is 31.7 Å². The van der Waals surface area contributed by atoms with Gasteiger partial charge in [0.05, 0.1) is 0 Å². The van der Waals surface area contributed by atoms with Gasteiger partial charge in [-0.15, -0.1) is 0 Å². The van der Waals surface area contributed by atoms with E-state index in [0.717, 1.165) is 19.5 Å². The molecule has 1 atom stereocenters. The first-order valence-corrected chi connectivity index (χ1v) is 3.80. The van der Waals surface area contributed by atoms with Gasteiger partial charge in [0.15, 0.2) is 0 Å². The SMILES string of the molecule is NCCCC1CCC[N]1. The van der Waals surface area contributed by atoms with Gasteiger partial charge in [-0.25, -0.2) is 5.32 Å². The predicted molar refractivity (Wildman–Crippen MR) is 38.3 cm³/mol. The highest BCUT2D eigenvalue weighted by Crippen LogP contribution is 2.11. The van der Waals surface area contributed by atoms with Gasteiger partial charge in [-0.1, -0.05) is 0 Å². The molecular weight excluding hydrogens is 112 g/mol. The first kappa shape index (κ1) is 7.03. The number of nitrogens with zero attached hydrogens (tertiary/aromatic N) is 1. The van der Waals surface area contributed by atoms with Crippen molar-refractivity contribution >= 4 is 0 Å². The molecular formula is C7H15N2. The third kappa shape index (κ3) is 2.33. The first-order chi connectivity index (χ1) is 4.43. The van der Waals surface area contributed by atoms with E-state index in [1.165, 1.54) is 19.3 Å². The van der Waals surface area contributed by atoms with Crippen LogP contribution in [0, 0.1) is 0 Å². The molecule has 2 nitrogen and oxygen atoms in total. The van der Waals surface area contributed by atoms with E-state index in [1.807, 2.05) is 0 Å². The first-order valence-electron chi connectivity index (χ1n) is 3.80. The molecule has 1 aliphatic heterocycles. The molecule has 0 amide bonds. The Bertz CT molecular complexity index is 67.3. The van der Waals surface area contributed by atoms with E-state index in [-0.39, 0.29) is 0 Å². The Balaban J connectivity index is 1.98. The van der Waals surface area contributed by atoms with E-state index < -0.39 is 0 Å². The molecule has 1 rings (SSSR count). The average molecular weight is 127 g/mol. The van der Waals surface area contributed by atoms with Crippen LogP contribution < -0.4 is 11.1 Å². The summed E-state index contributed by atoms with van der Waals surface area (Å²) in [6.07, 6.45) is 4.97. The van der Waals surface area contributed by atoms with Crippen molar-refractivity contribution < 1.29 is 0 Å². The van der Waals surface area contributed by atoms with Crippen LogP contribution in [-0.2, 0) is 0 Å². The zero-order chi connectivity index (χ0) is 6.53. The summed E-state index contributed by atoms with van der Waals surface area (Å²) in [7, 11) is 0. The normalized spacial score (nSPS) is 27.0. The molecule has 1 unspecified atom stereocenters. The molecule has 1 heterocycles. The Kier molecular flexibility index (Phi) is 3.01. The summed E-state index contributed by atoms with van der Waals surface area (Å²) in [5.74, 6) is 0. The van der Waals surface area contributed by atoms with E-state index in [9.17, 15) is 0 Å². The average Bonchev–Trinajstić information content (AvgIpc) is 2.34. The van der Waals surface area contributed by atoms with Crippen LogP contribution in [0.2, 0.25) is 0 Å². The molecule has 1 aliphatic rings. The molecule has 0 aromatic carbocycles. The molecule has 0 bridgehead atoms. The third-order valence-corrected chi connectivity index (χ3v) is 1.82. The lowest BCUT2D eigenvalue weighted by atomic mass is 10.1. The Morgan fingerprint density at radius 3 is 3.00 bits per heavy atom. The van der Waals surface area contributed by atoms with Crippen LogP contribution in [0.5, 0.6) is 0 Å². The van der Waals surface area contributed by atoms with Crippen molar-refractivity contribution in [1.29, 1.82) is 0 Å². The van der Waals surface area contributed by atoms with E-state index in [1.54, 1.807) is 0 Å². The lowest BCUT2D eigenvalue weighted by Crippen LogP contribution is -2.15. The van der Waals surface area contributed by atoms with Crippen LogP contribution in [0.1, 0.15) is 25.7 Å². The van der Waals surface area contributed by atoms with E-state index in [0.29, 0.717) is 6.04 Å². The van der Waals surface area contributed by atoms with Crippen LogP contribution in [0.3, 0.4) is 0 Å². The molecule has 1 fully saturated rings. The topological polar surface area (TPSA) is 40.1 Å². The van der Waals surface area contributed by atoms with Gasteiger partial charge in [0, 0.05) is 12.6 Å². The highest BCUT2D eigenvalue weighted by molar-refractivity contribution is 4.73. The molecule has 0 aromatic rings. The molecule has 0 saturated carbocycles. The lowest BCUT2D eigenvalue weighted by molar-refractivity contribution is 0.533. The van der Waals surface area contributed by atoms with Crippen molar-refractivity contribution in [3.63, 3.8) is 0 Å². The summed E-state index contributed by atoms with van der Waals surface area (Å²) < 4.78 is 0. The van der Waals surface area contributed by atoms with E-state index >= 15 is 0 Å². The Hall–Kier alpha value is -0.0800. The molecule has 1 radical (unpaired) electrons. The molecule has 0 spiro atoms. The van der Waals surface area contributed by atoms with Crippen molar-refractivity contribution in [2.75, 3.05) is 13.1 Å². The van der Waals surface area contributed by atoms with E-state index in [4.69, 9.17) is 5.73 Å². The van der Waals surface area contributed by atoms with Gasteiger partial charge in [-0.3, -0.25) is 0 Å². The maximum Gasteiger partial charge on any atom is 0.0247 e.